The second kappa shape index (κ2) is 9.71. The lowest BCUT2D eigenvalue weighted by Gasteiger charge is -2.14. The summed E-state index contributed by atoms with van der Waals surface area (Å²) in [5, 5.41) is 3.04. The molecule has 0 aromatic heterocycles. The largest absolute Gasteiger partial charge is 0.465 e. The van der Waals surface area contributed by atoms with E-state index in [1.807, 2.05) is 24.3 Å². The Morgan fingerprint density at radius 3 is 2.31 bits per heavy atom. The van der Waals surface area contributed by atoms with Crippen LogP contribution in [0.25, 0.3) is 17.2 Å². The smallest absolute Gasteiger partial charge is 0.407 e. The number of fused-ring (bicyclic) bond motifs is 3. The van der Waals surface area contributed by atoms with Crippen molar-refractivity contribution in [2.75, 3.05) is 20.3 Å². The number of amides is 1. The van der Waals surface area contributed by atoms with E-state index in [1.165, 1.54) is 29.4 Å². The van der Waals surface area contributed by atoms with Crippen molar-refractivity contribution in [1.29, 1.82) is 0 Å². The molecule has 0 bridgehead atoms. The van der Waals surface area contributed by atoms with Gasteiger partial charge in [-0.15, -0.1) is 0 Å². The second-order valence-electron chi connectivity index (χ2n) is 7.34. The van der Waals surface area contributed by atoms with Gasteiger partial charge in [-0.25, -0.2) is 9.59 Å². The quantitative estimate of drug-likeness (QED) is 0.494. The molecule has 0 heterocycles. The van der Waals surface area contributed by atoms with E-state index in [2.05, 4.69) is 29.6 Å². The van der Waals surface area contributed by atoms with Crippen molar-refractivity contribution in [2.24, 2.45) is 0 Å². The zero-order chi connectivity index (χ0) is 22.5. The summed E-state index contributed by atoms with van der Waals surface area (Å²) in [7, 11) is 1.31. The van der Waals surface area contributed by atoms with Gasteiger partial charge < -0.3 is 14.8 Å². The average Bonchev–Trinajstić information content (AvgIpc) is 3.14. The first kappa shape index (κ1) is 21.7. The molecule has 0 atom stereocenters. The number of alkyl carbamates (subject to hydrolysis) is 1. The maximum Gasteiger partial charge on any atom is 0.407 e. The van der Waals surface area contributed by atoms with E-state index >= 15 is 0 Å². The lowest BCUT2D eigenvalue weighted by Crippen LogP contribution is -2.26. The molecular weight excluding hydrogens is 426 g/mol. The summed E-state index contributed by atoms with van der Waals surface area (Å²) in [6.07, 6.45) is 3.07. The van der Waals surface area contributed by atoms with Gasteiger partial charge in [-0.3, -0.25) is 0 Å². The fourth-order valence-corrected chi connectivity index (χ4v) is 4.09. The zero-order valence-corrected chi connectivity index (χ0v) is 18.3. The van der Waals surface area contributed by atoms with Crippen LogP contribution in [0.4, 0.5) is 4.79 Å². The van der Waals surface area contributed by atoms with Gasteiger partial charge in [0.25, 0.3) is 0 Å². The van der Waals surface area contributed by atoms with E-state index in [0.717, 1.165) is 5.56 Å². The van der Waals surface area contributed by atoms with Crippen LogP contribution in [0.15, 0.2) is 72.8 Å². The highest BCUT2D eigenvalue weighted by atomic mass is 35.5. The Bertz CT molecular complexity index is 1140. The summed E-state index contributed by atoms with van der Waals surface area (Å²) in [5.74, 6) is -0.475. The highest BCUT2D eigenvalue weighted by Gasteiger charge is 2.28. The van der Waals surface area contributed by atoms with Gasteiger partial charge in [0.2, 0.25) is 0 Å². The van der Waals surface area contributed by atoms with Crippen molar-refractivity contribution in [3.63, 3.8) is 0 Å². The average molecular weight is 448 g/mol. The van der Waals surface area contributed by atoms with Gasteiger partial charge in [-0.05, 0) is 39.9 Å². The number of hydrogen-bond donors (Lipinski definition) is 1. The van der Waals surface area contributed by atoms with Crippen molar-refractivity contribution >= 4 is 29.7 Å². The van der Waals surface area contributed by atoms with Gasteiger partial charge in [0, 0.05) is 12.5 Å². The summed E-state index contributed by atoms with van der Waals surface area (Å²) < 4.78 is 10.2. The van der Waals surface area contributed by atoms with E-state index in [0.29, 0.717) is 10.6 Å². The van der Waals surface area contributed by atoms with Crippen LogP contribution in [0.5, 0.6) is 0 Å². The maximum absolute atomic E-state index is 12.2. The normalized spacial score (nSPS) is 12.3. The standard InChI is InChI=1S/C26H22ClNO4/c1-31-25(29)22-15-17(12-13-24(22)27)7-6-14-28-26(30)32-16-23-20-10-4-2-8-18(20)19-9-3-5-11-21(19)23/h2-13,15,23H,14,16H2,1H3,(H,28,30). The Labute approximate surface area is 191 Å². The third kappa shape index (κ3) is 4.53. The molecule has 0 spiro atoms. The highest BCUT2D eigenvalue weighted by Crippen LogP contribution is 2.44. The van der Waals surface area contributed by atoms with Crippen LogP contribution >= 0.6 is 11.6 Å². The first-order chi connectivity index (χ1) is 15.6. The summed E-state index contributed by atoms with van der Waals surface area (Å²) in [4.78, 5) is 24.0. The van der Waals surface area contributed by atoms with Gasteiger partial charge in [0.05, 0.1) is 17.7 Å². The molecule has 5 nitrogen and oxygen atoms in total. The summed E-state index contributed by atoms with van der Waals surface area (Å²) in [5.41, 5.74) is 5.78. The number of carbonyl (C=O) groups excluding carboxylic acids is 2. The lowest BCUT2D eigenvalue weighted by molar-refractivity contribution is 0.0601. The molecule has 0 unspecified atom stereocenters. The van der Waals surface area contributed by atoms with Crippen molar-refractivity contribution < 1.29 is 19.1 Å². The van der Waals surface area contributed by atoms with E-state index in [1.54, 1.807) is 30.4 Å². The fourth-order valence-electron chi connectivity index (χ4n) is 3.90. The number of halogens is 1. The summed E-state index contributed by atoms with van der Waals surface area (Å²) >= 11 is 6.03. The highest BCUT2D eigenvalue weighted by molar-refractivity contribution is 6.33. The SMILES string of the molecule is COC(=O)c1cc(C=CCNC(=O)OCC2c3ccccc3-c3ccccc32)ccc1Cl. The molecule has 0 saturated heterocycles. The van der Waals surface area contributed by atoms with E-state index in [4.69, 9.17) is 21.1 Å². The van der Waals surface area contributed by atoms with Crippen molar-refractivity contribution in [3.05, 3.63) is 100 Å². The minimum atomic E-state index is -0.498. The molecular formula is C26H22ClNO4. The maximum atomic E-state index is 12.2. The molecule has 1 N–H and O–H groups in total. The Balaban J connectivity index is 1.32. The predicted octanol–water partition coefficient (Wildman–Crippen LogP) is 5.68. The monoisotopic (exact) mass is 447 g/mol. The number of benzene rings is 3. The molecule has 4 rings (SSSR count). The summed E-state index contributed by atoms with van der Waals surface area (Å²) in [6, 6.07) is 21.5. The van der Waals surface area contributed by atoms with Crippen LogP contribution < -0.4 is 5.32 Å². The third-order valence-corrected chi connectivity index (χ3v) is 5.74. The number of esters is 1. The Morgan fingerprint density at radius 1 is 1.00 bits per heavy atom. The van der Waals surface area contributed by atoms with Crippen LogP contribution in [0, 0.1) is 0 Å². The first-order valence-corrected chi connectivity index (χ1v) is 10.6. The van der Waals surface area contributed by atoms with Gasteiger partial charge >= 0.3 is 12.1 Å². The van der Waals surface area contributed by atoms with E-state index in [9.17, 15) is 9.59 Å². The second-order valence-corrected chi connectivity index (χ2v) is 7.75. The Kier molecular flexibility index (Phi) is 6.57. The molecule has 0 saturated carbocycles. The Hall–Kier alpha value is -3.57. The van der Waals surface area contributed by atoms with E-state index < -0.39 is 12.1 Å². The van der Waals surface area contributed by atoms with Crippen LogP contribution in [0.3, 0.4) is 0 Å². The third-order valence-electron chi connectivity index (χ3n) is 5.41. The van der Waals surface area contributed by atoms with Crippen molar-refractivity contribution in [1.82, 2.24) is 5.32 Å². The molecule has 0 radical (unpaired) electrons. The molecule has 1 amide bonds. The van der Waals surface area contributed by atoms with Crippen LogP contribution in [-0.4, -0.2) is 32.3 Å². The number of nitrogens with one attached hydrogen (secondary N) is 1. The topological polar surface area (TPSA) is 64.6 Å². The van der Waals surface area contributed by atoms with E-state index in [-0.39, 0.29) is 19.1 Å². The van der Waals surface area contributed by atoms with Crippen molar-refractivity contribution in [3.8, 4) is 11.1 Å². The fraction of sp³-hybridized carbons (Fsp3) is 0.154. The Morgan fingerprint density at radius 2 is 1.66 bits per heavy atom. The minimum absolute atomic E-state index is 0.0227. The number of carbonyl (C=O) groups is 2. The molecule has 3 aromatic carbocycles. The van der Waals surface area contributed by atoms with Gasteiger partial charge in [0.15, 0.2) is 0 Å². The van der Waals surface area contributed by atoms with Crippen molar-refractivity contribution in [2.45, 2.75) is 5.92 Å². The van der Waals surface area contributed by atoms with Crippen LogP contribution in [0.2, 0.25) is 5.02 Å². The minimum Gasteiger partial charge on any atom is -0.465 e. The lowest BCUT2D eigenvalue weighted by atomic mass is 9.98. The number of ether oxygens (including phenoxy) is 2. The molecule has 6 heteroatoms. The molecule has 3 aromatic rings. The van der Waals surface area contributed by atoms with Crippen LogP contribution in [0.1, 0.15) is 33.0 Å². The molecule has 0 aliphatic heterocycles. The molecule has 32 heavy (non-hydrogen) atoms. The van der Waals surface area contributed by atoms with Gasteiger partial charge in [-0.2, -0.15) is 0 Å². The van der Waals surface area contributed by atoms with Gasteiger partial charge in [-0.1, -0.05) is 78.4 Å². The number of hydrogen-bond acceptors (Lipinski definition) is 4. The molecule has 1 aliphatic carbocycles. The molecule has 0 fully saturated rings. The first-order valence-electron chi connectivity index (χ1n) is 10.2. The molecule has 162 valence electrons. The van der Waals surface area contributed by atoms with Crippen LogP contribution in [-0.2, 0) is 9.47 Å². The molecule has 1 aliphatic rings. The number of methoxy groups -OCH3 is 1. The van der Waals surface area contributed by atoms with Gasteiger partial charge in [0.1, 0.15) is 6.61 Å². The number of rotatable bonds is 6. The zero-order valence-electron chi connectivity index (χ0n) is 17.5. The predicted molar refractivity (Wildman–Crippen MR) is 125 cm³/mol. The summed E-state index contributed by atoms with van der Waals surface area (Å²) in [6.45, 7) is 0.552.